The van der Waals surface area contributed by atoms with Crippen molar-refractivity contribution in [3.05, 3.63) is 65.0 Å². The Morgan fingerprint density at radius 2 is 1.82 bits per heavy atom. The van der Waals surface area contributed by atoms with E-state index in [0.717, 1.165) is 36.8 Å². The van der Waals surface area contributed by atoms with E-state index in [9.17, 15) is 9.59 Å². The molecule has 6 heteroatoms. The van der Waals surface area contributed by atoms with Crippen LogP contribution < -0.4 is 10.6 Å². The molecule has 1 aliphatic rings. The molecule has 2 heterocycles. The molecular weight excluding hydrogens is 352 g/mol. The average Bonchev–Trinajstić information content (AvgIpc) is 3.28. The first-order valence-corrected chi connectivity index (χ1v) is 9.69. The summed E-state index contributed by atoms with van der Waals surface area (Å²) in [5.41, 5.74) is 3.54. The number of aryl methyl sites for hydroxylation is 2. The normalized spacial score (nSPS) is 14.4. The molecule has 144 valence electrons. The van der Waals surface area contributed by atoms with Gasteiger partial charge in [0.15, 0.2) is 11.5 Å². The van der Waals surface area contributed by atoms with Gasteiger partial charge in [0.25, 0.3) is 11.8 Å². The minimum atomic E-state index is -0.279. The smallest absolute Gasteiger partial charge is 0.272 e. The molecule has 0 spiro atoms. The van der Waals surface area contributed by atoms with E-state index < -0.39 is 0 Å². The minimum Gasteiger partial charge on any atom is -0.348 e. The number of benzene rings is 1. The van der Waals surface area contributed by atoms with Crippen LogP contribution in [0.3, 0.4) is 0 Å². The van der Waals surface area contributed by atoms with Crippen LogP contribution in [-0.4, -0.2) is 27.2 Å². The second-order valence-electron chi connectivity index (χ2n) is 7.52. The fourth-order valence-electron chi connectivity index (χ4n) is 3.74. The molecule has 2 N–H and O–H groups in total. The van der Waals surface area contributed by atoms with Crippen molar-refractivity contribution in [1.82, 2.24) is 14.7 Å². The van der Waals surface area contributed by atoms with Gasteiger partial charge in [-0.2, -0.15) is 0 Å². The van der Waals surface area contributed by atoms with Crippen molar-refractivity contribution in [1.29, 1.82) is 0 Å². The zero-order valence-corrected chi connectivity index (χ0v) is 16.2. The first-order chi connectivity index (χ1) is 13.5. The molecule has 0 aliphatic heterocycles. The highest BCUT2D eigenvalue weighted by Crippen LogP contribution is 2.22. The van der Waals surface area contributed by atoms with E-state index in [4.69, 9.17) is 0 Å². The maximum atomic E-state index is 13.1. The molecular formula is C22H24N4O2. The lowest BCUT2D eigenvalue weighted by molar-refractivity contribution is 0.0933. The van der Waals surface area contributed by atoms with Gasteiger partial charge < -0.3 is 10.6 Å². The summed E-state index contributed by atoms with van der Waals surface area (Å²) in [5, 5.41) is 5.94. The first kappa shape index (κ1) is 18.2. The van der Waals surface area contributed by atoms with Gasteiger partial charge in [-0.15, -0.1) is 0 Å². The third-order valence-electron chi connectivity index (χ3n) is 5.18. The van der Waals surface area contributed by atoms with E-state index >= 15 is 0 Å². The Bertz CT molecular complexity index is 1050. The average molecular weight is 376 g/mol. The monoisotopic (exact) mass is 376 g/mol. The van der Waals surface area contributed by atoms with Gasteiger partial charge in [0, 0.05) is 17.8 Å². The van der Waals surface area contributed by atoms with Gasteiger partial charge in [-0.05, 0) is 50.5 Å². The molecule has 1 fully saturated rings. The van der Waals surface area contributed by atoms with Gasteiger partial charge in [0.05, 0.1) is 0 Å². The molecule has 3 aromatic rings. The topological polar surface area (TPSA) is 75.5 Å². The van der Waals surface area contributed by atoms with Crippen LogP contribution >= 0.6 is 0 Å². The molecule has 0 atom stereocenters. The van der Waals surface area contributed by atoms with Crippen molar-refractivity contribution in [2.45, 2.75) is 45.6 Å². The molecule has 2 amide bonds. The number of pyridine rings is 1. The Labute approximate surface area is 164 Å². The Balaban J connectivity index is 1.70. The standard InChI is InChI=1S/C22H24N4O2/c1-14-6-5-7-16(12-14)21(27)25-20-19(22(28)23-17-8-3-4-9-17)26-13-15(2)10-11-18(26)24-20/h5-7,10-13,17H,3-4,8-9H2,1-2H3,(H,23,28)(H,25,27). The highest BCUT2D eigenvalue weighted by molar-refractivity contribution is 6.08. The number of carbonyl (C=O) groups is 2. The lowest BCUT2D eigenvalue weighted by Crippen LogP contribution is -2.34. The summed E-state index contributed by atoms with van der Waals surface area (Å²) in [6, 6.07) is 11.3. The van der Waals surface area contributed by atoms with Crippen molar-refractivity contribution in [3.8, 4) is 0 Å². The number of nitrogens with one attached hydrogen (secondary N) is 2. The van der Waals surface area contributed by atoms with Crippen molar-refractivity contribution >= 4 is 23.3 Å². The van der Waals surface area contributed by atoms with Gasteiger partial charge in [0.2, 0.25) is 0 Å². The summed E-state index contributed by atoms with van der Waals surface area (Å²) in [7, 11) is 0. The van der Waals surface area contributed by atoms with Crippen LogP contribution in [0.4, 0.5) is 5.82 Å². The van der Waals surface area contributed by atoms with Crippen LogP contribution in [0.1, 0.15) is 57.7 Å². The molecule has 0 bridgehead atoms. The number of amides is 2. The van der Waals surface area contributed by atoms with Crippen LogP contribution in [-0.2, 0) is 0 Å². The SMILES string of the molecule is Cc1cccc(C(=O)Nc2nc3ccc(C)cn3c2C(=O)NC2CCCC2)c1. The van der Waals surface area contributed by atoms with Crippen LogP contribution in [0.25, 0.3) is 5.65 Å². The lowest BCUT2D eigenvalue weighted by Gasteiger charge is -2.13. The molecule has 4 rings (SSSR count). The highest BCUT2D eigenvalue weighted by Gasteiger charge is 2.25. The maximum Gasteiger partial charge on any atom is 0.272 e. The van der Waals surface area contributed by atoms with Crippen LogP contribution in [0.15, 0.2) is 42.6 Å². The van der Waals surface area contributed by atoms with E-state index in [0.29, 0.717) is 16.9 Å². The second kappa shape index (κ2) is 7.46. The van der Waals surface area contributed by atoms with Crippen molar-refractivity contribution in [3.63, 3.8) is 0 Å². The molecule has 0 radical (unpaired) electrons. The summed E-state index contributed by atoms with van der Waals surface area (Å²) < 4.78 is 1.76. The van der Waals surface area contributed by atoms with E-state index in [1.165, 1.54) is 0 Å². The quantitative estimate of drug-likeness (QED) is 0.726. The van der Waals surface area contributed by atoms with Crippen molar-refractivity contribution in [2.24, 2.45) is 0 Å². The van der Waals surface area contributed by atoms with Gasteiger partial charge >= 0.3 is 0 Å². The number of anilines is 1. The predicted octanol–water partition coefficient (Wildman–Crippen LogP) is 3.88. The third-order valence-corrected chi connectivity index (χ3v) is 5.18. The Kier molecular flexibility index (Phi) is 4.86. The number of hydrogen-bond acceptors (Lipinski definition) is 3. The third kappa shape index (κ3) is 3.63. The molecule has 1 aromatic carbocycles. The summed E-state index contributed by atoms with van der Waals surface area (Å²) in [6.07, 6.45) is 6.12. The van der Waals surface area contributed by atoms with E-state index in [-0.39, 0.29) is 23.7 Å². The molecule has 2 aromatic heterocycles. The fourth-order valence-corrected chi connectivity index (χ4v) is 3.74. The van der Waals surface area contributed by atoms with E-state index in [1.807, 2.05) is 50.4 Å². The predicted molar refractivity (Wildman–Crippen MR) is 109 cm³/mol. The van der Waals surface area contributed by atoms with Crippen LogP contribution in [0, 0.1) is 13.8 Å². The fraction of sp³-hybridized carbons (Fsp3) is 0.318. The summed E-state index contributed by atoms with van der Waals surface area (Å²) in [4.78, 5) is 30.3. The summed E-state index contributed by atoms with van der Waals surface area (Å²) >= 11 is 0. The summed E-state index contributed by atoms with van der Waals surface area (Å²) in [5.74, 6) is -0.198. The number of hydrogen-bond donors (Lipinski definition) is 2. The largest absolute Gasteiger partial charge is 0.348 e. The Morgan fingerprint density at radius 3 is 2.57 bits per heavy atom. The number of imidazole rings is 1. The van der Waals surface area contributed by atoms with Crippen molar-refractivity contribution < 1.29 is 9.59 Å². The minimum absolute atomic E-state index is 0.184. The lowest BCUT2D eigenvalue weighted by atomic mass is 10.1. The molecule has 6 nitrogen and oxygen atoms in total. The highest BCUT2D eigenvalue weighted by atomic mass is 16.2. The van der Waals surface area contributed by atoms with Crippen LogP contribution in [0.2, 0.25) is 0 Å². The zero-order chi connectivity index (χ0) is 19.7. The van der Waals surface area contributed by atoms with Gasteiger partial charge in [-0.3, -0.25) is 14.0 Å². The molecule has 1 aliphatic carbocycles. The number of carbonyl (C=O) groups excluding carboxylic acids is 2. The van der Waals surface area contributed by atoms with Crippen molar-refractivity contribution in [2.75, 3.05) is 5.32 Å². The molecule has 1 saturated carbocycles. The second-order valence-corrected chi connectivity index (χ2v) is 7.52. The maximum absolute atomic E-state index is 13.1. The van der Waals surface area contributed by atoms with E-state index in [2.05, 4.69) is 15.6 Å². The summed E-state index contributed by atoms with van der Waals surface area (Å²) in [6.45, 7) is 3.90. The van der Waals surface area contributed by atoms with Gasteiger partial charge in [0.1, 0.15) is 5.65 Å². The molecule has 0 saturated heterocycles. The number of aromatic nitrogens is 2. The number of nitrogens with zero attached hydrogens (tertiary/aromatic N) is 2. The molecule has 28 heavy (non-hydrogen) atoms. The number of fused-ring (bicyclic) bond motifs is 1. The van der Waals surface area contributed by atoms with Gasteiger partial charge in [-0.25, -0.2) is 4.98 Å². The molecule has 0 unspecified atom stereocenters. The Morgan fingerprint density at radius 1 is 1.04 bits per heavy atom. The zero-order valence-electron chi connectivity index (χ0n) is 16.2. The first-order valence-electron chi connectivity index (χ1n) is 9.69. The Hall–Kier alpha value is -3.15. The van der Waals surface area contributed by atoms with E-state index in [1.54, 1.807) is 10.5 Å². The number of rotatable bonds is 4. The van der Waals surface area contributed by atoms with Crippen LogP contribution in [0.5, 0.6) is 0 Å². The van der Waals surface area contributed by atoms with Gasteiger partial charge in [-0.1, -0.05) is 36.6 Å².